The number of rotatable bonds is 84. The van der Waals surface area contributed by atoms with Gasteiger partial charge in [0.1, 0.15) is 19.3 Å². The van der Waals surface area contributed by atoms with E-state index in [-0.39, 0.29) is 25.7 Å². The molecule has 19 heteroatoms. The lowest BCUT2D eigenvalue weighted by Gasteiger charge is -2.21. The lowest BCUT2D eigenvalue weighted by molar-refractivity contribution is -0.161. The van der Waals surface area contributed by atoms with Gasteiger partial charge in [-0.15, -0.1) is 0 Å². The highest BCUT2D eigenvalue weighted by Crippen LogP contribution is 2.45. The van der Waals surface area contributed by atoms with Crippen LogP contribution in [0.5, 0.6) is 0 Å². The maximum atomic E-state index is 13.1. The van der Waals surface area contributed by atoms with E-state index in [1.54, 1.807) is 0 Å². The van der Waals surface area contributed by atoms with Crippen LogP contribution in [-0.2, 0) is 65.4 Å². The lowest BCUT2D eigenvalue weighted by Crippen LogP contribution is -2.30. The van der Waals surface area contributed by atoms with Gasteiger partial charge in [0.25, 0.3) is 0 Å². The van der Waals surface area contributed by atoms with Crippen molar-refractivity contribution in [2.45, 2.75) is 470 Å². The predicted molar refractivity (Wildman–Crippen MR) is 423 cm³/mol. The first-order chi connectivity index (χ1) is 50.1. The molecule has 0 saturated heterocycles. The summed E-state index contributed by atoms with van der Waals surface area (Å²) in [6.45, 7) is 7.35. The third-order valence-corrected chi connectivity index (χ3v) is 22.0. The number of hydrogen-bond acceptors (Lipinski definition) is 15. The van der Waals surface area contributed by atoms with Gasteiger partial charge in [-0.05, 0) is 31.6 Å². The number of phosphoric ester groups is 2. The van der Waals surface area contributed by atoms with E-state index in [2.05, 4.69) is 34.6 Å². The van der Waals surface area contributed by atoms with E-state index >= 15 is 0 Å². The maximum Gasteiger partial charge on any atom is 0.472 e. The molecule has 0 aliphatic heterocycles. The largest absolute Gasteiger partial charge is 0.472 e. The average Bonchev–Trinajstić information content (AvgIpc) is 0.907. The summed E-state index contributed by atoms with van der Waals surface area (Å²) in [5.41, 5.74) is 0. The fourth-order valence-electron chi connectivity index (χ4n) is 13.1. The standard InChI is InChI=1S/C84H164O17P2/c1-6-10-13-16-19-22-24-26-28-30-32-34-36-38-40-42-48-53-58-63-68-82(87)95-74-80(100-83(88)69-64-59-54-49-43-41-39-37-35-33-31-29-27-25-23-20-17-14-11-7-2)76-99-103(92,93)97-72-78(85)71-96-102(90,91)98-75-79(73-94-81(86)67-62-57-52-46-21-18-15-12-8-3)101-84(89)70-65-60-55-50-45-44-47-51-56-61-66-77(5)9-4/h77-80,85H,6-76H2,1-5H3,(H,90,91)(H,92,93)/t77?,78-,79+,80+/m0/s1. The maximum absolute atomic E-state index is 13.1. The monoisotopic (exact) mass is 1510 g/mol. The summed E-state index contributed by atoms with van der Waals surface area (Å²) in [6, 6.07) is 0. The lowest BCUT2D eigenvalue weighted by atomic mass is 9.99. The van der Waals surface area contributed by atoms with Crippen molar-refractivity contribution >= 4 is 39.5 Å². The van der Waals surface area contributed by atoms with Gasteiger partial charge in [0, 0.05) is 25.7 Å². The topological polar surface area (TPSA) is 237 Å². The number of esters is 4. The number of carbonyl (C=O) groups is 4. The van der Waals surface area contributed by atoms with Gasteiger partial charge < -0.3 is 33.8 Å². The first-order valence-electron chi connectivity index (χ1n) is 43.7. The average molecular weight is 1510 g/mol. The zero-order valence-corrected chi connectivity index (χ0v) is 69.3. The molecule has 0 aromatic heterocycles. The molecule has 0 spiro atoms. The number of aliphatic hydroxyl groups is 1. The Labute approximate surface area is 632 Å². The fraction of sp³-hybridized carbons (Fsp3) is 0.952. The van der Waals surface area contributed by atoms with Crippen LogP contribution in [0, 0.1) is 5.92 Å². The quantitative estimate of drug-likeness (QED) is 0.0222. The van der Waals surface area contributed by atoms with E-state index in [1.165, 1.54) is 276 Å². The van der Waals surface area contributed by atoms with Crippen LogP contribution in [0.3, 0.4) is 0 Å². The molecule has 0 aromatic carbocycles. The molecule has 0 amide bonds. The van der Waals surface area contributed by atoms with Crippen LogP contribution in [0.15, 0.2) is 0 Å². The van der Waals surface area contributed by atoms with Crippen molar-refractivity contribution in [3.8, 4) is 0 Å². The Morgan fingerprint density at radius 1 is 0.272 bits per heavy atom. The molecule has 0 heterocycles. The summed E-state index contributed by atoms with van der Waals surface area (Å²) in [4.78, 5) is 73.1. The zero-order valence-electron chi connectivity index (χ0n) is 67.5. The number of aliphatic hydroxyl groups excluding tert-OH is 1. The van der Waals surface area contributed by atoms with E-state index in [4.69, 9.17) is 37.0 Å². The summed E-state index contributed by atoms with van der Waals surface area (Å²) >= 11 is 0. The molecule has 0 bridgehead atoms. The molecule has 0 saturated carbocycles. The molecular weight excluding hydrogens is 1340 g/mol. The molecule has 3 unspecified atom stereocenters. The number of phosphoric acid groups is 2. The minimum atomic E-state index is -4.96. The van der Waals surface area contributed by atoms with Gasteiger partial charge in [-0.25, -0.2) is 9.13 Å². The highest BCUT2D eigenvalue weighted by molar-refractivity contribution is 7.47. The van der Waals surface area contributed by atoms with Crippen LogP contribution in [0.25, 0.3) is 0 Å². The fourth-order valence-corrected chi connectivity index (χ4v) is 14.7. The van der Waals surface area contributed by atoms with Crippen LogP contribution < -0.4 is 0 Å². The Hall–Kier alpha value is -1.94. The number of unbranched alkanes of at least 4 members (excludes halogenated alkanes) is 55. The van der Waals surface area contributed by atoms with Crippen molar-refractivity contribution in [3.05, 3.63) is 0 Å². The van der Waals surface area contributed by atoms with E-state index in [0.717, 1.165) is 95.8 Å². The smallest absolute Gasteiger partial charge is 0.462 e. The van der Waals surface area contributed by atoms with Crippen molar-refractivity contribution < 1.29 is 80.2 Å². The summed E-state index contributed by atoms with van der Waals surface area (Å²) in [5, 5.41) is 10.7. The van der Waals surface area contributed by atoms with Gasteiger partial charge in [0.15, 0.2) is 12.2 Å². The van der Waals surface area contributed by atoms with Crippen molar-refractivity contribution in [1.29, 1.82) is 0 Å². The minimum Gasteiger partial charge on any atom is -0.462 e. The molecule has 0 aromatic rings. The highest BCUT2D eigenvalue weighted by Gasteiger charge is 2.30. The van der Waals surface area contributed by atoms with E-state index < -0.39 is 97.5 Å². The van der Waals surface area contributed by atoms with Gasteiger partial charge in [-0.3, -0.25) is 37.3 Å². The Balaban J connectivity index is 5.20. The highest BCUT2D eigenvalue weighted by atomic mass is 31.2. The number of hydrogen-bond donors (Lipinski definition) is 3. The van der Waals surface area contributed by atoms with Gasteiger partial charge >= 0.3 is 39.5 Å². The molecule has 0 aliphatic rings. The van der Waals surface area contributed by atoms with Crippen molar-refractivity contribution in [2.75, 3.05) is 39.6 Å². The first kappa shape index (κ1) is 101. The first-order valence-corrected chi connectivity index (χ1v) is 46.7. The van der Waals surface area contributed by atoms with Crippen LogP contribution in [0.2, 0.25) is 0 Å². The van der Waals surface area contributed by atoms with Gasteiger partial charge in [0.2, 0.25) is 0 Å². The van der Waals surface area contributed by atoms with Crippen LogP contribution >= 0.6 is 15.6 Å². The van der Waals surface area contributed by atoms with Crippen molar-refractivity contribution in [1.82, 2.24) is 0 Å². The van der Waals surface area contributed by atoms with E-state index in [1.807, 2.05) is 0 Å². The molecule has 0 fully saturated rings. The summed E-state index contributed by atoms with van der Waals surface area (Å²) in [5.74, 6) is -1.30. The molecule has 3 N–H and O–H groups in total. The summed E-state index contributed by atoms with van der Waals surface area (Å²) in [6.07, 6.45) is 69.5. The Kier molecular flexibility index (Phi) is 75.4. The Morgan fingerprint density at radius 2 is 0.466 bits per heavy atom. The second-order valence-corrected chi connectivity index (χ2v) is 33.4. The van der Waals surface area contributed by atoms with Crippen LogP contribution in [-0.4, -0.2) is 96.7 Å². The molecule has 17 nitrogen and oxygen atoms in total. The van der Waals surface area contributed by atoms with E-state index in [0.29, 0.717) is 25.7 Å². The van der Waals surface area contributed by atoms with Crippen LogP contribution in [0.4, 0.5) is 0 Å². The molecule has 612 valence electrons. The molecule has 103 heavy (non-hydrogen) atoms. The number of ether oxygens (including phenoxy) is 4. The summed E-state index contributed by atoms with van der Waals surface area (Å²) in [7, 11) is -9.92. The molecule has 0 rings (SSSR count). The van der Waals surface area contributed by atoms with Crippen molar-refractivity contribution in [2.24, 2.45) is 5.92 Å². The van der Waals surface area contributed by atoms with Gasteiger partial charge in [-0.2, -0.15) is 0 Å². The molecule has 0 aliphatic carbocycles. The van der Waals surface area contributed by atoms with Crippen molar-refractivity contribution in [3.63, 3.8) is 0 Å². The number of carbonyl (C=O) groups excluding carboxylic acids is 4. The molecule has 0 radical (unpaired) electrons. The zero-order chi connectivity index (χ0) is 75.5. The molecular formula is C84H164O17P2. The second-order valence-electron chi connectivity index (χ2n) is 30.5. The molecule has 6 atom stereocenters. The summed E-state index contributed by atoms with van der Waals surface area (Å²) < 4.78 is 68.8. The van der Waals surface area contributed by atoms with Gasteiger partial charge in [-0.1, -0.05) is 401 Å². The van der Waals surface area contributed by atoms with E-state index in [9.17, 15) is 43.2 Å². The Morgan fingerprint density at radius 3 is 0.689 bits per heavy atom. The third-order valence-electron chi connectivity index (χ3n) is 20.1. The normalized spacial score (nSPS) is 14.1. The second kappa shape index (κ2) is 76.8. The van der Waals surface area contributed by atoms with Crippen LogP contribution in [0.1, 0.15) is 452 Å². The minimum absolute atomic E-state index is 0.107. The SMILES string of the molecule is CCCCCCCCCCCCCCCCCCCCCCC(=O)OC[C@H](COP(=O)(O)OC[C@@H](O)COP(=O)(O)OC[C@@H](COC(=O)CCCCCCCCCCC)OC(=O)CCCCCCCCCCCCC(C)CC)OC(=O)CCCCCCCCCCCCCCCCCCCCCC. The van der Waals surface area contributed by atoms with Gasteiger partial charge in [0.05, 0.1) is 26.4 Å². The third kappa shape index (κ3) is 76.6. The Bertz CT molecular complexity index is 1960. The predicted octanol–water partition coefficient (Wildman–Crippen LogP) is 25.6.